The predicted molar refractivity (Wildman–Crippen MR) is 79.5 cm³/mol. The lowest BCUT2D eigenvalue weighted by Gasteiger charge is -2.26. The van der Waals surface area contributed by atoms with Crippen molar-refractivity contribution in [3.05, 3.63) is 42.1 Å². The molecule has 6 nitrogen and oxygen atoms in total. The Kier molecular flexibility index (Phi) is 3.94. The maximum absolute atomic E-state index is 9.11. The number of anilines is 3. The number of aromatic nitrogens is 2. The molecular weight excluding hydrogens is 266 g/mol. The van der Waals surface area contributed by atoms with Crippen LogP contribution in [0.1, 0.15) is 5.56 Å². The van der Waals surface area contributed by atoms with Gasteiger partial charge in [0.15, 0.2) is 0 Å². The van der Waals surface area contributed by atoms with Crippen LogP contribution < -0.4 is 10.2 Å². The second-order valence-corrected chi connectivity index (χ2v) is 4.62. The summed E-state index contributed by atoms with van der Waals surface area (Å²) < 4.78 is 5.33. The minimum Gasteiger partial charge on any atom is -0.378 e. The molecule has 1 aromatic carbocycles. The van der Waals surface area contributed by atoms with Crippen molar-refractivity contribution in [2.45, 2.75) is 0 Å². The first-order valence-corrected chi connectivity index (χ1v) is 6.79. The molecule has 1 fully saturated rings. The Bertz CT molecular complexity index is 661. The minimum absolute atomic E-state index is 0.587. The van der Waals surface area contributed by atoms with E-state index in [0.717, 1.165) is 18.8 Å². The van der Waals surface area contributed by atoms with Crippen molar-refractivity contribution >= 4 is 17.5 Å². The molecule has 3 rings (SSSR count). The average Bonchev–Trinajstić information content (AvgIpc) is 2.56. The number of nitrogens with zero attached hydrogens (tertiary/aromatic N) is 4. The zero-order valence-electron chi connectivity index (χ0n) is 11.5. The third kappa shape index (κ3) is 3.09. The van der Waals surface area contributed by atoms with Crippen molar-refractivity contribution < 1.29 is 4.74 Å². The second-order valence-electron chi connectivity index (χ2n) is 4.62. The zero-order chi connectivity index (χ0) is 14.5. The average molecular weight is 281 g/mol. The molecule has 0 aliphatic carbocycles. The van der Waals surface area contributed by atoms with Crippen molar-refractivity contribution in [3.63, 3.8) is 0 Å². The molecule has 1 saturated heterocycles. The fraction of sp³-hybridized carbons (Fsp3) is 0.267. The maximum atomic E-state index is 9.11. The van der Waals surface area contributed by atoms with Gasteiger partial charge in [-0.2, -0.15) is 10.2 Å². The van der Waals surface area contributed by atoms with Gasteiger partial charge in [0.25, 0.3) is 0 Å². The number of hydrogen-bond acceptors (Lipinski definition) is 6. The van der Waals surface area contributed by atoms with E-state index >= 15 is 0 Å². The molecule has 6 heteroatoms. The SMILES string of the molecule is N#Cc1ccccc1Nc1ccnc(N2CCOCC2)n1. The summed E-state index contributed by atoms with van der Waals surface area (Å²) in [7, 11) is 0. The fourth-order valence-corrected chi connectivity index (χ4v) is 2.16. The highest BCUT2D eigenvalue weighted by Gasteiger charge is 2.14. The normalized spacial score (nSPS) is 14.5. The number of morpholine rings is 1. The van der Waals surface area contributed by atoms with Crippen LogP contribution in [-0.2, 0) is 4.74 Å². The van der Waals surface area contributed by atoms with Crippen LogP contribution >= 0.6 is 0 Å². The summed E-state index contributed by atoms with van der Waals surface area (Å²) in [5.74, 6) is 1.35. The van der Waals surface area contributed by atoms with Gasteiger partial charge in [-0.05, 0) is 18.2 Å². The molecule has 106 valence electrons. The van der Waals surface area contributed by atoms with Gasteiger partial charge in [-0.15, -0.1) is 0 Å². The summed E-state index contributed by atoms with van der Waals surface area (Å²) in [5, 5.41) is 12.3. The topological polar surface area (TPSA) is 74.1 Å². The first kappa shape index (κ1) is 13.3. The first-order valence-electron chi connectivity index (χ1n) is 6.79. The van der Waals surface area contributed by atoms with E-state index in [-0.39, 0.29) is 0 Å². The van der Waals surface area contributed by atoms with Crippen molar-refractivity contribution in [2.75, 3.05) is 36.5 Å². The van der Waals surface area contributed by atoms with Crippen molar-refractivity contribution in [2.24, 2.45) is 0 Å². The van der Waals surface area contributed by atoms with Gasteiger partial charge >= 0.3 is 0 Å². The number of rotatable bonds is 3. The van der Waals surface area contributed by atoms with Crippen LogP contribution in [0.15, 0.2) is 36.5 Å². The standard InChI is InChI=1S/C15H15N5O/c16-11-12-3-1-2-4-13(12)18-14-5-6-17-15(19-14)20-7-9-21-10-8-20/h1-6H,7-10H2,(H,17,18,19). The van der Waals surface area contributed by atoms with Crippen LogP contribution in [0.3, 0.4) is 0 Å². The van der Waals surface area contributed by atoms with Gasteiger partial charge in [0.2, 0.25) is 5.95 Å². The Morgan fingerprint density at radius 3 is 2.81 bits per heavy atom. The summed E-state index contributed by atoms with van der Waals surface area (Å²) in [6.45, 7) is 2.97. The van der Waals surface area contributed by atoms with E-state index in [2.05, 4.69) is 26.3 Å². The summed E-state index contributed by atoms with van der Waals surface area (Å²) >= 11 is 0. The van der Waals surface area contributed by atoms with E-state index in [1.807, 2.05) is 18.2 Å². The summed E-state index contributed by atoms with van der Waals surface area (Å²) in [6, 6.07) is 11.3. The second kappa shape index (κ2) is 6.20. The smallest absolute Gasteiger partial charge is 0.227 e. The fourth-order valence-electron chi connectivity index (χ4n) is 2.16. The monoisotopic (exact) mass is 281 g/mol. The number of para-hydroxylation sites is 1. The lowest BCUT2D eigenvalue weighted by Crippen LogP contribution is -2.37. The molecule has 2 aromatic rings. The van der Waals surface area contributed by atoms with Crippen molar-refractivity contribution in [1.82, 2.24) is 9.97 Å². The Hall–Kier alpha value is -2.65. The van der Waals surface area contributed by atoms with Crippen LogP contribution in [0.25, 0.3) is 0 Å². The summed E-state index contributed by atoms with van der Waals surface area (Å²) in [4.78, 5) is 10.9. The molecule has 1 aliphatic heterocycles. The Balaban J connectivity index is 1.81. The lowest BCUT2D eigenvalue weighted by molar-refractivity contribution is 0.122. The van der Waals surface area contributed by atoms with Gasteiger partial charge < -0.3 is 15.0 Å². The van der Waals surface area contributed by atoms with E-state index in [0.29, 0.717) is 30.5 Å². The van der Waals surface area contributed by atoms with Crippen molar-refractivity contribution in [3.8, 4) is 6.07 Å². The third-order valence-corrected chi connectivity index (χ3v) is 3.25. The Morgan fingerprint density at radius 1 is 1.19 bits per heavy atom. The third-order valence-electron chi connectivity index (χ3n) is 3.25. The minimum atomic E-state index is 0.587. The molecule has 0 atom stereocenters. The number of benzene rings is 1. The Morgan fingerprint density at radius 2 is 2.00 bits per heavy atom. The van der Waals surface area contributed by atoms with Crippen LogP contribution in [0.4, 0.5) is 17.5 Å². The molecule has 2 heterocycles. The number of ether oxygens (including phenoxy) is 1. The van der Waals surface area contributed by atoms with Gasteiger partial charge in [0.1, 0.15) is 11.9 Å². The van der Waals surface area contributed by atoms with Crippen molar-refractivity contribution in [1.29, 1.82) is 5.26 Å². The largest absolute Gasteiger partial charge is 0.378 e. The molecule has 0 bridgehead atoms. The maximum Gasteiger partial charge on any atom is 0.227 e. The lowest BCUT2D eigenvalue weighted by atomic mass is 10.2. The molecular formula is C15H15N5O. The van der Waals surface area contributed by atoms with Crippen LogP contribution in [-0.4, -0.2) is 36.3 Å². The molecule has 0 radical (unpaired) electrons. The molecule has 0 spiro atoms. The van der Waals surface area contributed by atoms with Gasteiger partial charge in [-0.1, -0.05) is 12.1 Å². The highest BCUT2D eigenvalue weighted by Crippen LogP contribution is 2.20. The summed E-state index contributed by atoms with van der Waals surface area (Å²) in [6.07, 6.45) is 1.72. The van der Waals surface area contributed by atoms with Gasteiger partial charge in [0.05, 0.1) is 24.5 Å². The number of nitriles is 1. The molecule has 21 heavy (non-hydrogen) atoms. The highest BCUT2D eigenvalue weighted by molar-refractivity contribution is 5.64. The highest BCUT2D eigenvalue weighted by atomic mass is 16.5. The van der Waals surface area contributed by atoms with Gasteiger partial charge in [0, 0.05) is 19.3 Å². The zero-order valence-corrected chi connectivity index (χ0v) is 11.5. The first-order chi connectivity index (χ1) is 10.4. The van der Waals surface area contributed by atoms with E-state index < -0.39 is 0 Å². The van der Waals surface area contributed by atoms with Gasteiger partial charge in [-0.3, -0.25) is 0 Å². The quantitative estimate of drug-likeness (QED) is 0.926. The van der Waals surface area contributed by atoms with E-state index in [4.69, 9.17) is 10.00 Å². The van der Waals surface area contributed by atoms with Crippen LogP contribution in [0, 0.1) is 11.3 Å². The van der Waals surface area contributed by atoms with Crippen LogP contribution in [0.2, 0.25) is 0 Å². The number of hydrogen-bond donors (Lipinski definition) is 1. The molecule has 1 aliphatic rings. The summed E-state index contributed by atoms with van der Waals surface area (Å²) in [5.41, 5.74) is 1.33. The van der Waals surface area contributed by atoms with E-state index in [1.54, 1.807) is 18.3 Å². The molecule has 1 aromatic heterocycles. The van der Waals surface area contributed by atoms with E-state index in [9.17, 15) is 0 Å². The molecule has 1 N–H and O–H groups in total. The molecule has 0 unspecified atom stereocenters. The molecule has 0 amide bonds. The van der Waals surface area contributed by atoms with Crippen LogP contribution in [0.5, 0.6) is 0 Å². The Labute approximate surface area is 123 Å². The molecule has 0 saturated carbocycles. The van der Waals surface area contributed by atoms with Gasteiger partial charge in [-0.25, -0.2) is 4.98 Å². The van der Waals surface area contributed by atoms with E-state index in [1.165, 1.54) is 0 Å². The predicted octanol–water partition coefficient (Wildman–Crippen LogP) is 1.93. The number of nitrogens with one attached hydrogen (secondary N) is 1.